The van der Waals surface area contributed by atoms with E-state index >= 15 is 0 Å². The number of carbonyl (C=O) groups excluding carboxylic acids is 1. The lowest BCUT2D eigenvalue weighted by molar-refractivity contribution is -0.127. The minimum atomic E-state index is -0.597. The summed E-state index contributed by atoms with van der Waals surface area (Å²) in [6.45, 7) is 8.36. The zero-order valence-corrected chi connectivity index (χ0v) is 22.5. The van der Waals surface area contributed by atoms with Gasteiger partial charge in [0, 0.05) is 19.6 Å². The summed E-state index contributed by atoms with van der Waals surface area (Å²) in [4.78, 5) is 15.4. The Balaban J connectivity index is 1.35. The predicted octanol–water partition coefficient (Wildman–Crippen LogP) is 6.53. The van der Waals surface area contributed by atoms with Gasteiger partial charge in [-0.1, -0.05) is 96.1 Å². The lowest BCUT2D eigenvalue weighted by atomic mass is 9.87. The summed E-state index contributed by atoms with van der Waals surface area (Å²) >= 11 is 0. The number of aryl methyl sites for hydroxylation is 2. The van der Waals surface area contributed by atoms with Crippen molar-refractivity contribution in [1.82, 2.24) is 10.2 Å². The lowest BCUT2D eigenvalue weighted by Crippen LogP contribution is -2.37. The molecule has 4 aromatic rings. The van der Waals surface area contributed by atoms with E-state index in [0.29, 0.717) is 6.54 Å². The molecular formula is C34H36N2O2. The molecule has 0 aromatic heterocycles. The monoisotopic (exact) mass is 504 g/mol. The molecule has 2 atom stereocenters. The van der Waals surface area contributed by atoms with Crippen LogP contribution in [0.5, 0.6) is 5.75 Å². The number of rotatable bonds is 8. The van der Waals surface area contributed by atoms with Gasteiger partial charge in [-0.15, -0.1) is 0 Å². The molecule has 1 N–H and O–H groups in total. The first-order chi connectivity index (χ1) is 18.5. The molecule has 2 unspecified atom stereocenters. The van der Waals surface area contributed by atoms with Gasteiger partial charge in [-0.2, -0.15) is 0 Å². The highest BCUT2D eigenvalue weighted by atomic mass is 16.5. The normalized spacial score (nSPS) is 15.9. The molecule has 0 bridgehead atoms. The van der Waals surface area contributed by atoms with E-state index in [9.17, 15) is 4.79 Å². The van der Waals surface area contributed by atoms with Crippen LogP contribution < -0.4 is 10.1 Å². The summed E-state index contributed by atoms with van der Waals surface area (Å²) in [6, 6.07) is 34.1. The first-order valence-corrected chi connectivity index (χ1v) is 13.4. The fourth-order valence-electron chi connectivity index (χ4n) is 5.37. The van der Waals surface area contributed by atoms with E-state index in [1.54, 1.807) is 0 Å². The van der Waals surface area contributed by atoms with Crippen LogP contribution in [0.25, 0.3) is 0 Å². The van der Waals surface area contributed by atoms with Gasteiger partial charge in [0.05, 0.1) is 6.04 Å². The summed E-state index contributed by atoms with van der Waals surface area (Å²) in [5.74, 6) is 0.602. The van der Waals surface area contributed by atoms with Crippen molar-refractivity contribution < 1.29 is 9.53 Å². The molecule has 194 valence electrons. The van der Waals surface area contributed by atoms with Crippen molar-refractivity contribution >= 4 is 5.91 Å². The molecule has 4 aromatic carbocycles. The molecule has 1 heterocycles. The van der Waals surface area contributed by atoms with E-state index in [1.807, 2.05) is 25.1 Å². The van der Waals surface area contributed by atoms with Crippen LogP contribution in [-0.2, 0) is 24.3 Å². The number of carbonyl (C=O) groups is 1. The molecule has 5 rings (SSSR count). The van der Waals surface area contributed by atoms with E-state index in [-0.39, 0.29) is 11.9 Å². The lowest BCUT2D eigenvalue weighted by Gasteiger charge is -2.38. The predicted molar refractivity (Wildman–Crippen MR) is 153 cm³/mol. The Kier molecular flexibility index (Phi) is 7.90. The van der Waals surface area contributed by atoms with Gasteiger partial charge in [0.2, 0.25) is 0 Å². The molecule has 1 amide bonds. The fourth-order valence-corrected chi connectivity index (χ4v) is 5.37. The molecule has 0 saturated heterocycles. The highest BCUT2D eigenvalue weighted by Gasteiger charge is 2.29. The second-order valence-electron chi connectivity index (χ2n) is 10.4. The number of nitrogens with zero attached hydrogens (tertiary/aromatic N) is 1. The van der Waals surface area contributed by atoms with Crippen molar-refractivity contribution in [3.8, 4) is 5.75 Å². The molecule has 4 heteroatoms. The van der Waals surface area contributed by atoms with E-state index in [1.165, 1.54) is 33.4 Å². The van der Waals surface area contributed by atoms with Gasteiger partial charge in [0.1, 0.15) is 5.75 Å². The van der Waals surface area contributed by atoms with Crippen molar-refractivity contribution in [3.05, 3.63) is 136 Å². The van der Waals surface area contributed by atoms with Gasteiger partial charge in [-0.25, -0.2) is 0 Å². The number of hydrogen-bond acceptors (Lipinski definition) is 3. The van der Waals surface area contributed by atoms with Gasteiger partial charge in [-0.05, 0) is 67.1 Å². The minimum Gasteiger partial charge on any atom is -0.481 e. The zero-order valence-electron chi connectivity index (χ0n) is 22.5. The first-order valence-electron chi connectivity index (χ1n) is 13.4. The first kappa shape index (κ1) is 25.7. The fraction of sp³-hybridized carbons (Fsp3) is 0.265. The van der Waals surface area contributed by atoms with Crippen LogP contribution in [0.2, 0.25) is 0 Å². The Hall–Kier alpha value is -3.89. The second-order valence-corrected chi connectivity index (χ2v) is 10.4. The molecule has 4 nitrogen and oxygen atoms in total. The number of ether oxygens (including phenoxy) is 1. The van der Waals surface area contributed by atoms with Crippen molar-refractivity contribution in [2.24, 2.45) is 0 Å². The van der Waals surface area contributed by atoms with Gasteiger partial charge in [0.15, 0.2) is 6.10 Å². The molecule has 38 heavy (non-hydrogen) atoms. The average Bonchev–Trinajstić information content (AvgIpc) is 2.92. The quantitative estimate of drug-likeness (QED) is 0.296. The van der Waals surface area contributed by atoms with Crippen LogP contribution >= 0.6 is 0 Å². The van der Waals surface area contributed by atoms with Crippen LogP contribution in [0.4, 0.5) is 0 Å². The zero-order chi connectivity index (χ0) is 26.5. The second kappa shape index (κ2) is 11.7. The maximum absolute atomic E-state index is 12.8. The van der Waals surface area contributed by atoms with Crippen LogP contribution in [0.15, 0.2) is 97.1 Å². The molecule has 1 aliphatic heterocycles. The average molecular weight is 505 g/mol. The van der Waals surface area contributed by atoms with E-state index in [2.05, 4.69) is 103 Å². The smallest absolute Gasteiger partial charge is 0.261 e. The van der Waals surface area contributed by atoms with Gasteiger partial charge < -0.3 is 10.1 Å². The summed E-state index contributed by atoms with van der Waals surface area (Å²) in [6.07, 6.45) is 0.386. The van der Waals surface area contributed by atoms with Crippen LogP contribution in [0.3, 0.4) is 0 Å². The molecule has 0 spiro atoms. The molecule has 0 radical (unpaired) electrons. The third-order valence-electron chi connectivity index (χ3n) is 7.26. The minimum absolute atomic E-state index is 0.120. The summed E-state index contributed by atoms with van der Waals surface area (Å²) < 4.78 is 6.18. The Morgan fingerprint density at radius 1 is 0.895 bits per heavy atom. The van der Waals surface area contributed by atoms with Gasteiger partial charge in [0.25, 0.3) is 5.91 Å². The van der Waals surface area contributed by atoms with Crippen LogP contribution in [0.1, 0.15) is 51.9 Å². The third kappa shape index (κ3) is 6.15. The third-order valence-corrected chi connectivity index (χ3v) is 7.26. The summed E-state index contributed by atoms with van der Waals surface area (Å²) in [7, 11) is 0. The van der Waals surface area contributed by atoms with Crippen LogP contribution in [-0.4, -0.2) is 23.5 Å². The van der Waals surface area contributed by atoms with E-state index < -0.39 is 6.10 Å². The number of benzene rings is 4. The number of fused-ring (bicyclic) bond motifs is 1. The highest BCUT2D eigenvalue weighted by molar-refractivity contribution is 5.80. The van der Waals surface area contributed by atoms with E-state index in [0.717, 1.165) is 30.8 Å². The molecule has 0 fully saturated rings. The summed E-state index contributed by atoms with van der Waals surface area (Å²) in [5, 5.41) is 3.01. The van der Waals surface area contributed by atoms with Gasteiger partial charge >= 0.3 is 0 Å². The van der Waals surface area contributed by atoms with Crippen molar-refractivity contribution in [2.75, 3.05) is 6.54 Å². The van der Waals surface area contributed by atoms with Crippen LogP contribution in [0, 0.1) is 13.8 Å². The van der Waals surface area contributed by atoms with Crippen molar-refractivity contribution in [3.63, 3.8) is 0 Å². The number of hydrogen-bond donors (Lipinski definition) is 1. The summed E-state index contributed by atoms with van der Waals surface area (Å²) in [5.41, 5.74) is 8.71. The molecular weight excluding hydrogens is 468 g/mol. The maximum atomic E-state index is 12.8. The van der Waals surface area contributed by atoms with Gasteiger partial charge in [-0.3, -0.25) is 9.69 Å². The highest BCUT2D eigenvalue weighted by Crippen LogP contribution is 2.38. The van der Waals surface area contributed by atoms with E-state index in [4.69, 9.17) is 4.74 Å². The Morgan fingerprint density at radius 2 is 1.61 bits per heavy atom. The SMILES string of the molecule is Cc1cccc(CNC(=O)C(C)Oc2ccc3c(c2)C(c2ccccc2)N(Cc2cccc(C)c2)CC3)c1. The molecule has 0 saturated carbocycles. The maximum Gasteiger partial charge on any atom is 0.261 e. The topological polar surface area (TPSA) is 41.6 Å². The molecule has 1 aliphatic rings. The number of nitrogens with one attached hydrogen (secondary N) is 1. The van der Waals surface area contributed by atoms with Crippen molar-refractivity contribution in [2.45, 2.75) is 52.4 Å². The number of amides is 1. The Bertz CT molecular complexity index is 1400. The Morgan fingerprint density at radius 3 is 2.34 bits per heavy atom. The molecule has 0 aliphatic carbocycles. The Labute approximate surface area is 226 Å². The largest absolute Gasteiger partial charge is 0.481 e. The standard InChI is InChI=1S/C34H36N2O2/c1-24-9-7-11-27(19-24)22-35-34(37)26(3)38-31-16-15-29-17-18-36(23-28-12-8-10-25(2)20-28)33(32(29)21-31)30-13-5-4-6-14-30/h4-16,19-21,26,33H,17-18,22-23H2,1-3H3,(H,35,37). The van der Waals surface area contributed by atoms with Crippen molar-refractivity contribution in [1.29, 1.82) is 0 Å².